The van der Waals surface area contributed by atoms with E-state index < -0.39 is 25.7 Å². The van der Waals surface area contributed by atoms with E-state index in [1.165, 1.54) is 11.8 Å². The van der Waals surface area contributed by atoms with E-state index in [2.05, 4.69) is 0 Å². The third kappa shape index (κ3) is 6.30. The molecule has 0 aromatic heterocycles. The SMILES string of the molecule is C1CC[CH]([SnH]([CH]2CCCCC2)[CH]2CCCCC2)CC1.O=C(O)c1cccc2ccccc12. The molecule has 3 fully saturated rings. The van der Waals surface area contributed by atoms with Gasteiger partial charge >= 0.3 is 134 Å². The number of carboxylic acids is 1. The molecule has 0 bridgehead atoms. The zero-order chi connectivity index (χ0) is 22.2. The van der Waals surface area contributed by atoms with Crippen molar-refractivity contribution in [3.8, 4) is 0 Å². The van der Waals surface area contributed by atoms with Gasteiger partial charge in [0.1, 0.15) is 0 Å². The number of benzene rings is 2. The maximum Gasteiger partial charge on any atom is 0.336 e. The van der Waals surface area contributed by atoms with Crippen LogP contribution in [0.5, 0.6) is 0 Å². The molecule has 3 saturated carbocycles. The maximum atomic E-state index is 10.8. The first-order chi connectivity index (χ1) is 15.7. The van der Waals surface area contributed by atoms with Crippen LogP contribution in [0.3, 0.4) is 0 Å². The summed E-state index contributed by atoms with van der Waals surface area (Å²) in [4.78, 5) is 10.8. The predicted molar refractivity (Wildman–Crippen MR) is 139 cm³/mol. The van der Waals surface area contributed by atoms with Gasteiger partial charge in [0.15, 0.2) is 0 Å². The summed E-state index contributed by atoms with van der Waals surface area (Å²) >= 11 is -1.31. The molecule has 3 heteroatoms. The Balaban J connectivity index is 0.000000165. The van der Waals surface area contributed by atoms with Gasteiger partial charge in [-0.2, -0.15) is 0 Å². The number of carboxylic acid groups (broad SMARTS) is 1. The minimum Gasteiger partial charge on any atom is -0.478 e. The summed E-state index contributed by atoms with van der Waals surface area (Å²) in [5.41, 5.74) is 0.359. The van der Waals surface area contributed by atoms with Gasteiger partial charge in [0.05, 0.1) is 5.56 Å². The van der Waals surface area contributed by atoms with Crippen molar-refractivity contribution in [2.24, 2.45) is 0 Å². The number of hydrogen-bond acceptors (Lipinski definition) is 1. The van der Waals surface area contributed by atoms with Crippen LogP contribution in [0.1, 0.15) is 107 Å². The first kappa shape index (κ1) is 24.1. The molecule has 3 aliphatic rings. The largest absolute Gasteiger partial charge is 0.478 e. The molecule has 3 aliphatic carbocycles. The fraction of sp³-hybridized carbons (Fsp3) is 0.621. The summed E-state index contributed by atoms with van der Waals surface area (Å²) in [6.45, 7) is 0. The summed E-state index contributed by atoms with van der Waals surface area (Å²) in [6.07, 6.45) is 24.3. The van der Waals surface area contributed by atoms with Gasteiger partial charge in [0.25, 0.3) is 0 Å². The molecule has 0 atom stereocenters. The van der Waals surface area contributed by atoms with Crippen LogP contribution in [0.25, 0.3) is 10.8 Å². The van der Waals surface area contributed by atoms with Crippen LogP contribution >= 0.6 is 0 Å². The molecule has 0 saturated heterocycles. The van der Waals surface area contributed by atoms with Crippen molar-refractivity contribution in [2.45, 2.75) is 108 Å². The Labute approximate surface area is 201 Å². The molecular weight excluding hydrogens is 499 g/mol. The van der Waals surface area contributed by atoms with E-state index in [1.54, 1.807) is 108 Å². The van der Waals surface area contributed by atoms with Gasteiger partial charge in [-0.3, -0.25) is 0 Å². The number of fused-ring (bicyclic) bond motifs is 1. The molecule has 2 nitrogen and oxygen atoms in total. The minimum atomic E-state index is -1.31. The Morgan fingerprint density at radius 2 is 1.06 bits per heavy atom. The Morgan fingerprint density at radius 3 is 1.53 bits per heavy atom. The molecule has 2 aromatic rings. The monoisotopic (exact) mass is 542 g/mol. The number of carbonyl (C=O) groups is 1. The van der Waals surface area contributed by atoms with Crippen LogP contribution < -0.4 is 0 Å². The van der Waals surface area contributed by atoms with Crippen molar-refractivity contribution in [2.75, 3.05) is 0 Å². The second-order valence-corrected chi connectivity index (χ2v) is 22.0. The Kier molecular flexibility index (Phi) is 9.37. The third-order valence-electron chi connectivity index (χ3n) is 8.60. The normalized spacial score (nSPS) is 21.3. The molecule has 0 heterocycles. The van der Waals surface area contributed by atoms with Crippen LogP contribution in [-0.4, -0.2) is 30.8 Å². The summed E-state index contributed by atoms with van der Waals surface area (Å²) < 4.78 is 4.00. The topological polar surface area (TPSA) is 37.3 Å². The molecule has 0 radical (unpaired) electrons. The molecule has 1 N–H and O–H groups in total. The van der Waals surface area contributed by atoms with E-state index in [0.29, 0.717) is 5.56 Å². The van der Waals surface area contributed by atoms with Crippen molar-refractivity contribution < 1.29 is 9.90 Å². The fourth-order valence-electron chi connectivity index (χ4n) is 7.12. The average Bonchev–Trinajstić information content (AvgIpc) is 2.86. The Hall–Kier alpha value is -1.03. The van der Waals surface area contributed by atoms with Gasteiger partial charge in [-0.25, -0.2) is 4.79 Å². The molecule has 0 spiro atoms. The van der Waals surface area contributed by atoms with Crippen molar-refractivity contribution >= 4 is 36.5 Å². The third-order valence-corrected chi connectivity index (χ3v) is 23.6. The minimum absolute atomic E-state index is 0.359. The molecule has 5 rings (SSSR count). The van der Waals surface area contributed by atoms with E-state index in [1.807, 2.05) is 30.3 Å². The van der Waals surface area contributed by atoms with E-state index >= 15 is 0 Å². The standard InChI is InChI=1S/C11H8O2.3C6H11.Sn.H/c12-11(13)10-7-3-5-8-4-1-2-6-9(8)10;3*1-2-4-6-5-3-1;;/h1-7H,(H,12,13);3*1H,2-6H2;;. The molecule has 0 aliphatic heterocycles. The van der Waals surface area contributed by atoms with Crippen LogP contribution in [0.4, 0.5) is 0 Å². The number of aromatic carboxylic acids is 1. The van der Waals surface area contributed by atoms with Crippen molar-refractivity contribution in [3.63, 3.8) is 0 Å². The summed E-state index contributed by atoms with van der Waals surface area (Å²) in [5.74, 6) is -0.878. The average molecular weight is 541 g/mol. The van der Waals surface area contributed by atoms with Crippen LogP contribution in [0, 0.1) is 0 Å². The number of hydrogen-bond donors (Lipinski definition) is 1. The van der Waals surface area contributed by atoms with Crippen molar-refractivity contribution in [1.82, 2.24) is 0 Å². The Morgan fingerprint density at radius 1 is 0.625 bits per heavy atom. The molecule has 0 amide bonds. The van der Waals surface area contributed by atoms with Crippen LogP contribution in [-0.2, 0) is 0 Å². The maximum absolute atomic E-state index is 10.8. The second kappa shape index (κ2) is 12.4. The zero-order valence-corrected chi connectivity index (χ0v) is 23.1. The second-order valence-electron chi connectivity index (χ2n) is 10.6. The Bertz CT molecular complexity index is 797. The summed E-state index contributed by atoms with van der Waals surface area (Å²) in [5, 5.41) is 10.6. The van der Waals surface area contributed by atoms with E-state index in [4.69, 9.17) is 5.11 Å². The fourth-order valence-corrected chi connectivity index (χ4v) is 24.3. The van der Waals surface area contributed by atoms with Gasteiger partial charge in [-0.05, 0) is 16.8 Å². The first-order valence-corrected chi connectivity index (χ1v) is 19.2. The van der Waals surface area contributed by atoms with E-state index in [0.717, 1.165) is 10.8 Å². The van der Waals surface area contributed by atoms with Crippen molar-refractivity contribution in [3.05, 3.63) is 48.0 Å². The van der Waals surface area contributed by atoms with E-state index in [9.17, 15) is 4.79 Å². The van der Waals surface area contributed by atoms with Gasteiger partial charge in [-0.15, -0.1) is 0 Å². The summed E-state index contributed by atoms with van der Waals surface area (Å²) in [6, 6.07) is 12.7. The smallest absolute Gasteiger partial charge is 0.336 e. The predicted octanol–water partition coefficient (Wildman–Crippen LogP) is 8.75. The van der Waals surface area contributed by atoms with Crippen LogP contribution in [0.15, 0.2) is 42.5 Å². The molecule has 0 unspecified atom stereocenters. The van der Waals surface area contributed by atoms with Crippen LogP contribution in [0.2, 0.25) is 11.8 Å². The van der Waals surface area contributed by atoms with Gasteiger partial charge in [-0.1, -0.05) is 36.4 Å². The molecule has 2 aromatic carbocycles. The molecular formula is C29H42O2Sn. The zero-order valence-electron chi connectivity index (χ0n) is 19.8. The van der Waals surface area contributed by atoms with Gasteiger partial charge in [0, 0.05) is 0 Å². The van der Waals surface area contributed by atoms with E-state index in [-0.39, 0.29) is 0 Å². The molecule has 32 heavy (non-hydrogen) atoms. The van der Waals surface area contributed by atoms with Gasteiger partial charge < -0.3 is 5.11 Å². The molecule has 174 valence electrons. The van der Waals surface area contributed by atoms with Gasteiger partial charge in [0.2, 0.25) is 0 Å². The summed E-state index contributed by atoms with van der Waals surface area (Å²) in [7, 11) is 0. The number of rotatable bonds is 4. The van der Waals surface area contributed by atoms with Crippen molar-refractivity contribution in [1.29, 1.82) is 0 Å². The first-order valence-electron chi connectivity index (χ1n) is 13.4. The quantitative estimate of drug-likeness (QED) is 0.393.